The molecule has 0 aromatic carbocycles. The van der Waals surface area contributed by atoms with E-state index in [2.05, 4.69) is 10.3 Å². The van der Waals surface area contributed by atoms with E-state index in [1.54, 1.807) is 0 Å². The highest BCUT2D eigenvalue weighted by Crippen LogP contribution is 2.17. The van der Waals surface area contributed by atoms with Crippen LogP contribution in [0.15, 0.2) is 12.1 Å². The maximum absolute atomic E-state index is 11.8. The third-order valence-electron chi connectivity index (χ3n) is 2.28. The summed E-state index contributed by atoms with van der Waals surface area (Å²) in [7, 11) is 0. The molecule has 1 heterocycles. The van der Waals surface area contributed by atoms with Gasteiger partial charge in [-0.05, 0) is 18.6 Å². The lowest BCUT2D eigenvalue weighted by Crippen LogP contribution is -2.41. The molecule has 0 radical (unpaired) electrons. The molecule has 0 saturated heterocycles. The first kappa shape index (κ1) is 16.2. The minimum absolute atomic E-state index is 0.00859. The van der Waals surface area contributed by atoms with Crippen molar-refractivity contribution in [1.82, 2.24) is 10.3 Å². The smallest absolute Gasteiger partial charge is 0.326 e. The number of carboxylic acid groups (broad SMARTS) is 2. The minimum Gasteiger partial charge on any atom is -0.481 e. The molecule has 0 saturated carbocycles. The van der Waals surface area contributed by atoms with E-state index in [4.69, 9.17) is 33.4 Å². The normalized spacial score (nSPS) is 11.7. The van der Waals surface area contributed by atoms with Gasteiger partial charge in [0.15, 0.2) is 0 Å². The Bertz CT molecular complexity index is 550. The van der Waals surface area contributed by atoms with Gasteiger partial charge in [-0.2, -0.15) is 0 Å². The number of hydrogen-bond acceptors (Lipinski definition) is 4. The average Bonchev–Trinajstić information content (AvgIpc) is 2.36. The molecule has 108 valence electrons. The fourth-order valence-electron chi connectivity index (χ4n) is 1.33. The fourth-order valence-corrected chi connectivity index (χ4v) is 1.67. The third-order valence-corrected chi connectivity index (χ3v) is 2.79. The molecule has 0 aliphatic carbocycles. The Hall–Kier alpha value is -1.86. The lowest BCUT2D eigenvalue weighted by Gasteiger charge is -2.13. The van der Waals surface area contributed by atoms with Crippen molar-refractivity contribution in [3.05, 3.63) is 28.0 Å². The van der Waals surface area contributed by atoms with Gasteiger partial charge in [0.1, 0.15) is 16.9 Å². The lowest BCUT2D eigenvalue weighted by molar-refractivity contribution is -0.140. The second-order valence-corrected chi connectivity index (χ2v) is 4.56. The lowest BCUT2D eigenvalue weighted by atomic mass is 10.1. The second kappa shape index (κ2) is 7.06. The van der Waals surface area contributed by atoms with Crippen LogP contribution in [0.2, 0.25) is 10.2 Å². The number of aliphatic carboxylic acids is 2. The summed E-state index contributed by atoms with van der Waals surface area (Å²) in [4.78, 5) is 36.9. The highest BCUT2D eigenvalue weighted by Gasteiger charge is 2.23. The van der Waals surface area contributed by atoms with Crippen LogP contribution in [0.5, 0.6) is 0 Å². The molecular formula is C11H10Cl2N2O5. The summed E-state index contributed by atoms with van der Waals surface area (Å²) in [5, 5.41) is 19.6. The van der Waals surface area contributed by atoms with Crippen LogP contribution in [0, 0.1) is 0 Å². The van der Waals surface area contributed by atoms with Gasteiger partial charge in [0.05, 0.1) is 5.02 Å². The quantitative estimate of drug-likeness (QED) is 0.683. The number of halogens is 2. The van der Waals surface area contributed by atoms with Crippen LogP contribution < -0.4 is 5.32 Å². The highest BCUT2D eigenvalue weighted by atomic mass is 35.5. The van der Waals surface area contributed by atoms with Crippen molar-refractivity contribution in [2.45, 2.75) is 18.9 Å². The van der Waals surface area contributed by atoms with Crippen molar-refractivity contribution >= 4 is 41.0 Å². The van der Waals surface area contributed by atoms with E-state index in [1.807, 2.05) is 0 Å². The SMILES string of the molecule is O=C(O)CCC(NC(=O)c1nc(Cl)ccc1Cl)C(=O)O. The molecule has 3 N–H and O–H groups in total. The molecule has 0 bridgehead atoms. The van der Waals surface area contributed by atoms with E-state index in [0.29, 0.717) is 0 Å². The number of nitrogens with one attached hydrogen (secondary N) is 1. The number of rotatable bonds is 6. The van der Waals surface area contributed by atoms with Crippen LogP contribution in [0.4, 0.5) is 0 Å². The van der Waals surface area contributed by atoms with Gasteiger partial charge in [-0.15, -0.1) is 0 Å². The number of hydrogen-bond donors (Lipinski definition) is 3. The maximum Gasteiger partial charge on any atom is 0.326 e. The number of aromatic nitrogens is 1. The van der Waals surface area contributed by atoms with Crippen molar-refractivity contribution in [3.8, 4) is 0 Å². The summed E-state index contributed by atoms with van der Waals surface area (Å²) < 4.78 is 0. The second-order valence-electron chi connectivity index (χ2n) is 3.76. The van der Waals surface area contributed by atoms with Crippen LogP contribution >= 0.6 is 23.2 Å². The van der Waals surface area contributed by atoms with Crippen LogP contribution in [-0.2, 0) is 9.59 Å². The van der Waals surface area contributed by atoms with E-state index in [-0.39, 0.29) is 22.3 Å². The summed E-state index contributed by atoms with van der Waals surface area (Å²) in [5.74, 6) is -3.35. The van der Waals surface area contributed by atoms with Gasteiger partial charge < -0.3 is 15.5 Å². The maximum atomic E-state index is 11.8. The molecule has 1 unspecified atom stereocenters. The van der Waals surface area contributed by atoms with E-state index in [0.717, 1.165) is 0 Å². The molecular weight excluding hydrogens is 311 g/mol. The number of nitrogens with zero attached hydrogens (tertiary/aromatic N) is 1. The summed E-state index contributed by atoms with van der Waals surface area (Å²) in [6.45, 7) is 0. The molecule has 1 aromatic heterocycles. The van der Waals surface area contributed by atoms with Gasteiger partial charge in [-0.1, -0.05) is 23.2 Å². The van der Waals surface area contributed by atoms with Crippen molar-refractivity contribution in [2.24, 2.45) is 0 Å². The molecule has 1 atom stereocenters. The Morgan fingerprint density at radius 2 is 1.90 bits per heavy atom. The van der Waals surface area contributed by atoms with Crippen LogP contribution in [0.25, 0.3) is 0 Å². The Balaban J connectivity index is 2.82. The highest BCUT2D eigenvalue weighted by molar-refractivity contribution is 6.34. The number of amides is 1. The largest absolute Gasteiger partial charge is 0.481 e. The van der Waals surface area contributed by atoms with Crippen molar-refractivity contribution < 1.29 is 24.6 Å². The third kappa shape index (κ3) is 4.67. The monoisotopic (exact) mass is 320 g/mol. The topological polar surface area (TPSA) is 117 Å². The van der Waals surface area contributed by atoms with E-state index in [9.17, 15) is 14.4 Å². The zero-order valence-corrected chi connectivity index (χ0v) is 11.5. The molecule has 0 fully saturated rings. The van der Waals surface area contributed by atoms with Crippen molar-refractivity contribution in [3.63, 3.8) is 0 Å². The molecule has 0 spiro atoms. The van der Waals surface area contributed by atoms with Gasteiger partial charge in [-0.25, -0.2) is 9.78 Å². The molecule has 7 nitrogen and oxygen atoms in total. The zero-order chi connectivity index (χ0) is 15.3. The van der Waals surface area contributed by atoms with Gasteiger partial charge in [-0.3, -0.25) is 9.59 Å². The summed E-state index contributed by atoms with van der Waals surface area (Å²) in [6, 6.07) is 1.37. The van der Waals surface area contributed by atoms with Gasteiger partial charge in [0.25, 0.3) is 5.91 Å². The Morgan fingerprint density at radius 1 is 1.25 bits per heavy atom. The first-order chi connectivity index (χ1) is 9.31. The Kier molecular flexibility index (Phi) is 5.72. The van der Waals surface area contributed by atoms with E-state index in [1.165, 1.54) is 12.1 Å². The Morgan fingerprint density at radius 3 is 2.45 bits per heavy atom. The standard InChI is InChI=1S/C11H10Cl2N2O5/c12-5-1-3-7(13)15-9(5)10(18)14-6(11(19)20)2-4-8(16)17/h1,3,6H,2,4H2,(H,14,18)(H,16,17)(H,19,20). The van der Waals surface area contributed by atoms with Crippen molar-refractivity contribution in [2.75, 3.05) is 0 Å². The predicted octanol–water partition coefficient (Wildman–Crippen LogP) is 1.44. The van der Waals surface area contributed by atoms with Gasteiger partial charge in [0, 0.05) is 6.42 Å². The first-order valence-electron chi connectivity index (χ1n) is 5.38. The molecule has 1 aromatic rings. The summed E-state index contributed by atoms with van der Waals surface area (Å²) >= 11 is 11.4. The number of pyridine rings is 1. The number of carboxylic acids is 2. The van der Waals surface area contributed by atoms with E-state index < -0.39 is 30.3 Å². The molecule has 0 aliphatic rings. The average molecular weight is 321 g/mol. The number of carbonyl (C=O) groups is 3. The van der Waals surface area contributed by atoms with Crippen LogP contribution in [-0.4, -0.2) is 39.1 Å². The van der Waals surface area contributed by atoms with Crippen LogP contribution in [0.1, 0.15) is 23.3 Å². The first-order valence-corrected chi connectivity index (χ1v) is 6.14. The van der Waals surface area contributed by atoms with Crippen LogP contribution in [0.3, 0.4) is 0 Å². The van der Waals surface area contributed by atoms with Gasteiger partial charge >= 0.3 is 11.9 Å². The fraction of sp³-hybridized carbons (Fsp3) is 0.273. The van der Waals surface area contributed by atoms with Gasteiger partial charge in [0.2, 0.25) is 0 Å². The Labute approximate surface area is 123 Å². The van der Waals surface area contributed by atoms with E-state index >= 15 is 0 Å². The molecule has 1 amide bonds. The predicted molar refractivity (Wildman–Crippen MR) is 70.0 cm³/mol. The summed E-state index contributed by atoms with van der Waals surface area (Å²) in [5.41, 5.74) is -0.222. The zero-order valence-electron chi connectivity index (χ0n) is 9.97. The number of carbonyl (C=O) groups excluding carboxylic acids is 1. The summed E-state index contributed by atoms with van der Waals surface area (Å²) in [6.07, 6.45) is -0.650. The molecule has 0 aliphatic heterocycles. The molecule has 1 rings (SSSR count). The minimum atomic E-state index is -1.35. The van der Waals surface area contributed by atoms with Crippen molar-refractivity contribution in [1.29, 1.82) is 0 Å². The molecule has 20 heavy (non-hydrogen) atoms. The molecule has 9 heteroatoms.